The normalized spacial score (nSPS) is 37.3. The first-order valence-electron chi connectivity index (χ1n) is 15.3. The molecule has 0 radical (unpaired) electrons. The average molecular weight is 566 g/mol. The lowest BCUT2D eigenvalue weighted by molar-refractivity contribution is -0.144. The molecule has 0 unspecified atom stereocenters. The monoisotopic (exact) mass is 565 g/mol. The molecule has 2 aliphatic carbocycles. The molecule has 1 aromatic carbocycles. The van der Waals surface area contributed by atoms with Crippen molar-refractivity contribution in [3.05, 3.63) is 36.4 Å². The Hall–Kier alpha value is -2.32. The van der Waals surface area contributed by atoms with Gasteiger partial charge in [0, 0.05) is 22.7 Å². The molecule has 3 heterocycles. The van der Waals surface area contributed by atoms with Crippen molar-refractivity contribution in [3.63, 3.8) is 0 Å². The molecule has 8 heteroatoms. The minimum Gasteiger partial charge on any atom is -0.359 e. The van der Waals surface area contributed by atoms with E-state index in [0.29, 0.717) is 17.5 Å². The Labute approximate surface area is 242 Å². The molecule has 3 amide bonds. The maximum absolute atomic E-state index is 14.4. The lowest BCUT2D eigenvalue weighted by Gasteiger charge is -2.40. The zero-order valence-electron chi connectivity index (χ0n) is 23.9. The first kappa shape index (κ1) is 27.8. The fourth-order valence-electron chi connectivity index (χ4n) is 8.11. The zero-order chi connectivity index (χ0) is 28.0. The minimum atomic E-state index is -1.11. The Kier molecular flexibility index (Phi) is 7.77. The molecule has 216 valence electrons. The molecule has 2 saturated heterocycles. The first-order valence-corrected chi connectivity index (χ1v) is 16.5. The van der Waals surface area contributed by atoms with Gasteiger partial charge in [-0.3, -0.25) is 14.4 Å². The summed E-state index contributed by atoms with van der Waals surface area (Å²) >= 11 is 1.61. The van der Waals surface area contributed by atoms with Crippen LogP contribution in [-0.2, 0) is 19.1 Å². The van der Waals surface area contributed by atoms with Gasteiger partial charge >= 0.3 is 0 Å². The Morgan fingerprint density at radius 2 is 1.80 bits per heavy atom. The molecular formula is C32H43N3O4S. The van der Waals surface area contributed by atoms with E-state index in [1.807, 2.05) is 47.6 Å². The van der Waals surface area contributed by atoms with E-state index in [9.17, 15) is 14.4 Å². The fraction of sp³-hybridized carbons (Fsp3) is 0.656. The van der Waals surface area contributed by atoms with Crippen LogP contribution < -0.4 is 10.6 Å². The first-order chi connectivity index (χ1) is 19.3. The summed E-state index contributed by atoms with van der Waals surface area (Å²) in [5.74, 6) is -0.884. The molecule has 7 nitrogen and oxygen atoms in total. The quantitative estimate of drug-likeness (QED) is 0.283. The van der Waals surface area contributed by atoms with Gasteiger partial charge in [-0.25, -0.2) is 0 Å². The van der Waals surface area contributed by atoms with E-state index in [1.54, 1.807) is 11.8 Å². The number of carbonyl (C=O) groups is 3. The predicted octanol–water partition coefficient (Wildman–Crippen LogP) is 5.16. The number of benzene rings is 1. The maximum atomic E-state index is 14.4. The number of thioether (sulfide) groups is 1. The van der Waals surface area contributed by atoms with Crippen LogP contribution in [0.2, 0.25) is 0 Å². The summed E-state index contributed by atoms with van der Waals surface area (Å²) in [7, 11) is 0. The van der Waals surface area contributed by atoms with Crippen molar-refractivity contribution in [2.75, 3.05) is 11.6 Å². The number of carbonyl (C=O) groups excluding carboxylic acids is 3. The number of fused-ring (bicyclic) bond motifs is 1. The zero-order valence-corrected chi connectivity index (χ0v) is 24.8. The lowest BCUT2D eigenvalue weighted by atomic mass is 9.73. The molecule has 2 N–H and O–H groups in total. The Bertz CT molecular complexity index is 1180. The van der Waals surface area contributed by atoms with Crippen LogP contribution >= 0.6 is 11.8 Å². The van der Waals surface area contributed by atoms with Gasteiger partial charge in [0.1, 0.15) is 11.6 Å². The van der Waals surface area contributed by atoms with E-state index < -0.39 is 29.6 Å². The van der Waals surface area contributed by atoms with Gasteiger partial charge in [0.05, 0.1) is 17.9 Å². The summed E-state index contributed by atoms with van der Waals surface area (Å²) in [5, 5.41) is 6.44. The minimum absolute atomic E-state index is 0.00792. The predicted molar refractivity (Wildman–Crippen MR) is 157 cm³/mol. The van der Waals surface area contributed by atoms with Gasteiger partial charge in [0.15, 0.2) is 0 Å². The molecule has 3 aliphatic heterocycles. The van der Waals surface area contributed by atoms with E-state index in [2.05, 4.69) is 24.5 Å². The number of nitrogens with one attached hydrogen (secondary N) is 2. The van der Waals surface area contributed by atoms with E-state index in [0.717, 1.165) is 56.3 Å². The van der Waals surface area contributed by atoms with Crippen molar-refractivity contribution in [1.82, 2.24) is 10.2 Å². The highest BCUT2D eigenvalue weighted by Crippen LogP contribution is 2.56. The number of amides is 3. The number of hydrogen-bond acceptors (Lipinski definition) is 5. The standard InChI is InChI=1S/C32H43N3O4S/c1-19-10-8-15-24(20(19)2)34-30(37)28-32-17-16-25(39-32)26(29(36)33-21-11-9-14-23(18-21)40-3)27(32)31(38)35(28)22-12-6-4-5-7-13-22/h9,11,14,16-20,22,24-28H,4-8,10,12-13,15H2,1-3H3,(H,33,36)(H,34,37)/t19-,20+,24+,25+,26-,27+,28+,32+/m0/s1. The molecule has 2 bridgehead atoms. The molecule has 5 aliphatic rings. The molecule has 2 saturated carbocycles. The van der Waals surface area contributed by atoms with Crippen molar-refractivity contribution < 1.29 is 19.1 Å². The van der Waals surface area contributed by atoms with Gasteiger partial charge in [-0.1, -0.05) is 70.6 Å². The summed E-state index contributed by atoms with van der Waals surface area (Å²) in [6.45, 7) is 4.49. The fourth-order valence-corrected chi connectivity index (χ4v) is 8.57. The second-order valence-electron chi connectivity index (χ2n) is 12.7. The molecule has 6 rings (SSSR count). The number of hydrogen-bond donors (Lipinski definition) is 2. The number of likely N-dealkylation sites (tertiary alicyclic amines) is 1. The molecule has 8 atom stereocenters. The van der Waals surface area contributed by atoms with Crippen molar-refractivity contribution in [3.8, 4) is 0 Å². The van der Waals surface area contributed by atoms with E-state index in [-0.39, 0.29) is 29.8 Å². The lowest BCUT2D eigenvalue weighted by Crippen LogP contribution is -2.59. The molecule has 1 aromatic rings. The highest BCUT2D eigenvalue weighted by atomic mass is 32.2. The summed E-state index contributed by atoms with van der Waals surface area (Å²) in [6, 6.07) is 7.06. The average Bonchev–Trinajstić information content (AvgIpc) is 3.50. The number of anilines is 1. The van der Waals surface area contributed by atoms with Crippen molar-refractivity contribution in [2.24, 2.45) is 23.7 Å². The van der Waals surface area contributed by atoms with Crippen molar-refractivity contribution >= 4 is 35.2 Å². The summed E-state index contributed by atoms with van der Waals surface area (Å²) < 4.78 is 6.59. The van der Waals surface area contributed by atoms with Gasteiger partial charge < -0.3 is 20.3 Å². The Morgan fingerprint density at radius 3 is 2.55 bits per heavy atom. The van der Waals surface area contributed by atoms with Gasteiger partial charge in [0.25, 0.3) is 0 Å². The van der Waals surface area contributed by atoms with Crippen LogP contribution in [0.3, 0.4) is 0 Å². The molecule has 40 heavy (non-hydrogen) atoms. The molecule has 0 aromatic heterocycles. The summed E-state index contributed by atoms with van der Waals surface area (Å²) in [5.41, 5.74) is -0.399. The van der Waals surface area contributed by atoms with Crippen LogP contribution in [0.1, 0.15) is 71.6 Å². The molecule has 4 fully saturated rings. The van der Waals surface area contributed by atoms with Crippen LogP contribution in [-0.4, -0.2) is 58.7 Å². The highest BCUT2D eigenvalue weighted by molar-refractivity contribution is 7.98. The van der Waals surface area contributed by atoms with E-state index >= 15 is 0 Å². The van der Waals surface area contributed by atoms with Gasteiger partial charge in [-0.05, 0) is 55.6 Å². The van der Waals surface area contributed by atoms with Crippen LogP contribution in [0.15, 0.2) is 41.3 Å². The van der Waals surface area contributed by atoms with Crippen molar-refractivity contribution in [2.45, 2.75) is 106 Å². The topological polar surface area (TPSA) is 87.7 Å². The SMILES string of the molecule is CSc1cccc(NC(=O)[C@H]2[C@H]3C=C[C@@]4(O3)[C@H]2C(=O)N(C2CCCCCC2)[C@@H]4C(=O)N[C@@H]2CCC[C@H](C)[C@H]2C)c1. The van der Waals surface area contributed by atoms with Gasteiger partial charge in [-0.2, -0.15) is 0 Å². The highest BCUT2D eigenvalue weighted by Gasteiger charge is 2.73. The van der Waals surface area contributed by atoms with Crippen LogP contribution in [0.5, 0.6) is 0 Å². The Balaban J connectivity index is 1.32. The third-order valence-electron chi connectivity index (χ3n) is 10.5. The number of nitrogens with zero attached hydrogens (tertiary/aromatic N) is 1. The van der Waals surface area contributed by atoms with Gasteiger partial charge in [0.2, 0.25) is 17.7 Å². The largest absolute Gasteiger partial charge is 0.359 e. The van der Waals surface area contributed by atoms with Gasteiger partial charge in [-0.15, -0.1) is 11.8 Å². The molecule has 1 spiro atoms. The smallest absolute Gasteiger partial charge is 0.246 e. The van der Waals surface area contributed by atoms with Crippen molar-refractivity contribution in [1.29, 1.82) is 0 Å². The molecular weight excluding hydrogens is 522 g/mol. The van der Waals surface area contributed by atoms with Crippen LogP contribution in [0, 0.1) is 23.7 Å². The second-order valence-corrected chi connectivity index (χ2v) is 13.6. The third kappa shape index (κ3) is 4.69. The van der Waals surface area contributed by atoms with Crippen LogP contribution in [0.25, 0.3) is 0 Å². The summed E-state index contributed by atoms with van der Waals surface area (Å²) in [4.78, 5) is 45.4. The van der Waals surface area contributed by atoms with E-state index in [4.69, 9.17) is 4.74 Å². The second kappa shape index (κ2) is 11.2. The number of ether oxygens (including phenoxy) is 1. The Morgan fingerprint density at radius 1 is 1.02 bits per heavy atom. The third-order valence-corrected chi connectivity index (χ3v) is 11.2. The summed E-state index contributed by atoms with van der Waals surface area (Å²) in [6.07, 6.45) is 14.7. The van der Waals surface area contributed by atoms with E-state index in [1.165, 1.54) is 6.42 Å². The maximum Gasteiger partial charge on any atom is 0.246 e. The van der Waals surface area contributed by atoms with Crippen LogP contribution in [0.4, 0.5) is 5.69 Å². The number of rotatable bonds is 6.